The summed E-state index contributed by atoms with van der Waals surface area (Å²) in [7, 11) is 0. The first-order chi connectivity index (χ1) is 7.83. The van der Waals surface area contributed by atoms with Crippen molar-refractivity contribution in [2.45, 2.75) is 13.3 Å². The van der Waals surface area contributed by atoms with Crippen molar-refractivity contribution in [3.63, 3.8) is 0 Å². The molecule has 2 heterocycles. The van der Waals surface area contributed by atoms with Gasteiger partial charge in [0.2, 0.25) is 0 Å². The second-order valence-electron chi connectivity index (χ2n) is 3.62. The number of nitrogens with zero attached hydrogens (tertiary/aromatic N) is 3. The fourth-order valence-corrected chi connectivity index (χ4v) is 1.67. The number of rotatable bonds is 3. The van der Waals surface area contributed by atoms with E-state index in [-0.39, 0.29) is 0 Å². The molecule has 0 saturated carbocycles. The standard InChI is InChI=1S/C10H17N5O/c1-2-8-12-9(14-11)7-10(13-8)15-3-5-16-6-4-15/h7H,2-6,11H2,1H3,(H,12,13,14). The van der Waals surface area contributed by atoms with Crippen molar-refractivity contribution in [3.05, 3.63) is 11.9 Å². The first-order valence-electron chi connectivity index (χ1n) is 5.50. The van der Waals surface area contributed by atoms with Crippen LogP contribution in [0.2, 0.25) is 0 Å². The van der Waals surface area contributed by atoms with Crippen molar-refractivity contribution in [1.82, 2.24) is 9.97 Å². The lowest BCUT2D eigenvalue weighted by atomic mass is 10.3. The van der Waals surface area contributed by atoms with Crippen molar-refractivity contribution in [2.24, 2.45) is 5.84 Å². The number of aryl methyl sites for hydroxylation is 1. The zero-order valence-electron chi connectivity index (χ0n) is 9.44. The van der Waals surface area contributed by atoms with Crippen molar-refractivity contribution in [2.75, 3.05) is 36.6 Å². The number of hydrazine groups is 1. The average Bonchev–Trinajstić information content (AvgIpc) is 2.39. The van der Waals surface area contributed by atoms with Crippen LogP contribution in [0, 0.1) is 0 Å². The Hall–Kier alpha value is -1.40. The molecule has 88 valence electrons. The summed E-state index contributed by atoms with van der Waals surface area (Å²) in [5, 5.41) is 0. The quantitative estimate of drug-likeness (QED) is 0.561. The van der Waals surface area contributed by atoms with Gasteiger partial charge in [-0.1, -0.05) is 6.92 Å². The zero-order valence-corrected chi connectivity index (χ0v) is 9.44. The third-order valence-corrected chi connectivity index (χ3v) is 2.56. The van der Waals surface area contributed by atoms with Crippen LogP contribution in [-0.4, -0.2) is 36.3 Å². The maximum atomic E-state index is 5.39. The van der Waals surface area contributed by atoms with Gasteiger partial charge in [-0.3, -0.25) is 0 Å². The van der Waals surface area contributed by atoms with E-state index >= 15 is 0 Å². The van der Waals surface area contributed by atoms with Gasteiger partial charge in [0, 0.05) is 25.6 Å². The highest BCUT2D eigenvalue weighted by Gasteiger charge is 2.14. The molecule has 0 radical (unpaired) electrons. The highest BCUT2D eigenvalue weighted by atomic mass is 16.5. The molecule has 2 rings (SSSR count). The summed E-state index contributed by atoms with van der Waals surface area (Å²) in [6.07, 6.45) is 0.798. The van der Waals surface area contributed by atoms with Gasteiger partial charge in [-0.05, 0) is 0 Å². The van der Waals surface area contributed by atoms with Crippen molar-refractivity contribution in [3.8, 4) is 0 Å². The number of anilines is 2. The Kier molecular flexibility index (Phi) is 3.53. The molecule has 1 fully saturated rings. The lowest BCUT2D eigenvalue weighted by Gasteiger charge is -2.28. The molecular formula is C10H17N5O. The summed E-state index contributed by atoms with van der Waals surface area (Å²) in [4.78, 5) is 10.9. The highest BCUT2D eigenvalue weighted by molar-refractivity contribution is 5.49. The number of morpholine rings is 1. The SMILES string of the molecule is CCc1nc(NN)cc(N2CCOCC2)n1. The van der Waals surface area contributed by atoms with Crippen LogP contribution in [0.3, 0.4) is 0 Å². The van der Waals surface area contributed by atoms with Gasteiger partial charge in [0.15, 0.2) is 0 Å². The van der Waals surface area contributed by atoms with Gasteiger partial charge in [0.05, 0.1) is 13.2 Å². The second-order valence-corrected chi connectivity index (χ2v) is 3.62. The van der Waals surface area contributed by atoms with Crippen LogP contribution >= 0.6 is 0 Å². The fraction of sp³-hybridized carbons (Fsp3) is 0.600. The third kappa shape index (κ3) is 2.40. The summed E-state index contributed by atoms with van der Waals surface area (Å²) in [6.45, 7) is 5.25. The van der Waals surface area contributed by atoms with E-state index in [2.05, 4.69) is 20.3 Å². The van der Waals surface area contributed by atoms with Crippen LogP contribution in [-0.2, 0) is 11.2 Å². The summed E-state index contributed by atoms with van der Waals surface area (Å²) in [6, 6.07) is 1.87. The minimum Gasteiger partial charge on any atom is -0.378 e. The molecule has 6 nitrogen and oxygen atoms in total. The van der Waals surface area contributed by atoms with E-state index in [0.717, 1.165) is 44.4 Å². The van der Waals surface area contributed by atoms with Gasteiger partial charge in [-0.25, -0.2) is 15.8 Å². The van der Waals surface area contributed by atoms with E-state index in [9.17, 15) is 0 Å². The van der Waals surface area contributed by atoms with E-state index in [1.54, 1.807) is 0 Å². The minimum absolute atomic E-state index is 0.661. The summed E-state index contributed by atoms with van der Waals surface area (Å²) in [5.41, 5.74) is 2.57. The molecule has 0 unspecified atom stereocenters. The lowest BCUT2D eigenvalue weighted by molar-refractivity contribution is 0.122. The lowest BCUT2D eigenvalue weighted by Crippen LogP contribution is -2.37. The Balaban J connectivity index is 2.24. The molecule has 3 N–H and O–H groups in total. The number of nitrogens with two attached hydrogens (primary N) is 1. The van der Waals surface area contributed by atoms with Gasteiger partial charge in [-0.2, -0.15) is 0 Å². The number of aromatic nitrogens is 2. The third-order valence-electron chi connectivity index (χ3n) is 2.56. The number of nitrogens with one attached hydrogen (secondary N) is 1. The smallest absolute Gasteiger partial charge is 0.145 e. The first-order valence-corrected chi connectivity index (χ1v) is 5.50. The van der Waals surface area contributed by atoms with Crippen LogP contribution < -0.4 is 16.2 Å². The molecule has 0 spiro atoms. The van der Waals surface area contributed by atoms with Crippen LogP contribution in [0.25, 0.3) is 0 Å². The topological polar surface area (TPSA) is 76.3 Å². The zero-order chi connectivity index (χ0) is 11.4. The molecule has 0 atom stereocenters. The maximum absolute atomic E-state index is 5.39. The molecule has 16 heavy (non-hydrogen) atoms. The summed E-state index contributed by atoms with van der Waals surface area (Å²) < 4.78 is 5.31. The van der Waals surface area contributed by atoms with E-state index in [0.29, 0.717) is 5.82 Å². The molecule has 0 bridgehead atoms. The second kappa shape index (κ2) is 5.09. The Morgan fingerprint density at radius 1 is 1.44 bits per heavy atom. The van der Waals surface area contributed by atoms with Crippen molar-refractivity contribution >= 4 is 11.6 Å². The van der Waals surface area contributed by atoms with Crippen LogP contribution in [0.15, 0.2) is 6.07 Å². The van der Waals surface area contributed by atoms with Crippen LogP contribution in [0.4, 0.5) is 11.6 Å². The van der Waals surface area contributed by atoms with Crippen molar-refractivity contribution < 1.29 is 4.74 Å². The van der Waals surface area contributed by atoms with Gasteiger partial charge in [0.25, 0.3) is 0 Å². The predicted octanol–water partition coefficient (Wildman–Crippen LogP) is 0.161. The fourth-order valence-electron chi connectivity index (χ4n) is 1.67. The molecule has 0 aromatic carbocycles. The minimum atomic E-state index is 0.661. The predicted molar refractivity (Wildman–Crippen MR) is 62.3 cm³/mol. The molecule has 0 aliphatic carbocycles. The first kappa shape index (κ1) is 11.1. The molecule has 6 heteroatoms. The molecule has 1 saturated heterocycles. The Bertz CT molecular complexity index is 329. The number of nitrogen functional groups attached to an aromatic ring is 1. The van der Waals surface area contributed by atoms with Gasteiger partial charge in [-0.15, -0.1) is 0 Å². The largest absolute Gasteiger partial charge is 0.378 e. The highest BCUT2D eigenvalue weighted by Crippen LogP contribution is 2.16. The molecule has 1 aliphatic heterocycles. The summed E-state index contributed by atoms with van der Waals surface area (Å²) in [5.74, 6) is 7.77. The molecule has 1 aliphatic rings. The van der Waals surface area contributed by atoms with E-state index in [1.807, 2.05) is 13.0 Å². The van der Waals surface area contributed by atoms with Gasteiger partial charge in [0.1, 0.15) is 17.5 Å². The Labute approximate surface area is 94.8 Å². The summed E-state index contributed by atoms with van der Waals surface area (Å²) >= 11 is 0. The number of ether oxygens (including phenoxy) is 1. The van der Waals surface area contributed by atoms with Gasteiger partial charge < -0.3 is 15.1 Å². The number of hydrogen-bond acceptors (Lipinski definition) is 6. The molecule has 0 amide bonds. The molecule has 1 aromatic heterocycles. The van der Waals surface area contributed by atoms with Crippen LogP contribution in [0.5, 0.6) is 0 Å². The number of hydrogen-bond donors (Lipinski definition) is 2. The van der Waals surface area contributed by atoms with E-state index in [4.69, 9.17) is 10.6 Å². The average molecular weight is 223 g/mol. The van der Waals surface area contributed by atoms with E-state index < -0.39 is 0 Å². The monoisotopic (exact) mass is 223 g/mol. The Morgan fingerprint density at radius 3 is 2.81 bits per heavy atom. The maximum Gasteiger partial charge on any atom is 0.145 e. The Morgan fingerprint density at radius 2 is 2.19 bits per heavy atom. The van der Waals surface area contributed by atoms with Crippen LogP contribution in [0.1, 0.15) is 12.7 Å². The van der Waals surface area contributed by atoms with E-state index in [1.165, 1.54) is 0 Å². The normalized spacial score (nSPS) is 16.2. The molecule has 1 aromatic rings. The molecular weight excluding hydrogens is 206 g/mol. The van der Waals surface area contributed by atoms with Gasteiger partial charge >= 0.3 is 0 Å². The van der Waals surface area contributed by atoms with Crippen molar-refractivity contribution in [1.29, 1.82) is 0 Å².